The highest BCUT2D eigenvalue weighted by Gasteiger charge is 2.25. The van der Waals surface area contributed by atoms with E-state index in [4.69, 9.17) is 4.74 Å². The normalized spacial score (nSPS) is 11.9. The van der Waals surface area contributed by atoms with Gasteiger partial charge in [0.05, 0.1) is 24.4 Å². The number of nitrogens with one attached hydrogen (secondary N) is 2. The van der Waals surface area contributed by atoms with Crippen molar-refractivity contribution in [3.8, 4) is 0 Å². The second kappa shape index (κ2) is 7.34. The fourth-order valence-corrected chi connectivity index (χ4v) is 2.82. The molecule has 1 aromatic carbocycles. The van der Waals surface area contributed by atoms with Crippen LogP contribution in [0.4, 0.5) is 5.69 Å². The SMILES string of the molecule is CCc1cccc(N[C@@H](C)C(=O)c2[nH]c(C)c(C(=O)OC)c2C)c1. The molecule has 0 fully saturated rings. The van der Waals surface area contributed by atoms with Gasteiger partial charge >= 0.3 is 5.97 Å². The van der Waals surface area contributed by atoms with E-state index >= 15 is 0 Å². The Morgan fingerprint density at radius 3 is 2.62 bits per heavy atom. The van der Waals surface area contributed by atoms with Crippen molar-refractivity contribution in [2.24, 2.45) is 0 Å². The van der Waals surface area contributed by atoms with Gasteiger partial charge in [-0.3, -0.25) is 4.79 Å². The molecule has 0 saturated carbocycles. The van der Waals surface area contributed by atoms with E-state index in [-0.39, 0.29) is 5.78 Å². The van der Waals surface area contributed by atoms with Crippen molar-refractivity contribution in [1.82, 2.24) is 4.98 Å². The number of carbonyl (C=O) groups excluding carboxylic acids is 2. The number of aromatic amines is 1. The number of ketones is 1. The average Bonchev–Trinajstić information content (AvgIpc) is 2.88. The summed E-state index contributed by atoms with van der Waals surface area (Å²) in [5.74, 6) is -0.524. The van der Waals surface area contributed by atoms with Crippen LogP contribution in [-0.4, -0.2) is 29.9 Å². The van der Waals surface area contributed by atoms with Crippen LogP contribution in [0.1, 0.15) is 51.5 Å². The predicted molar refractivity (Wildman–Crippen MR) is 94.8 cm³/mol. The van der Waals surface area contributed by atoms with Gasteiger partial charge in [0.1, 0.15) is 0 Å². The van der Waals surface area contributed by atoms with Crippen molar-refractivity contribution in [2.45, 2.75) is 40.2 Å². The van der Waals surface area contributed by atoms with E-state index < -0.39 is 12.0 Å². The Balaban J connectivity index is 2.23. The van der Waals surface area contributed by atoms with Gasteiger partial charge in [-0.05, 0) is 50.5 Å². The zero-order valence-electron chi connectivity index (χ0n) is 14.8. The molecule has 0 aliphatic heterocycles. The largest absolute Gasteiger partial charge is 0.465 e. The molecule has 0 amide bonds. The van der Waals surface area contributed by atoms with Crippen molar-refractivity contribution < 1.29 is 14.3 Å². The summed E-state index contributed by atoms with van der Waals surface area (Å²) in [6.07, 6.45) is 0.940. The first kappa shape index (κ1) is 17.8. The summed E-state index contributed by atoms with van der Waals surface area (Å²) in [6.45, 7) is 7.42. The molecule has 1 heterocycles. The van der Waals surface area contributed by atoms with Crippen LogP contribution in [0.15, 0.2) is 24.3 Å². The van der Waals surface area contributed by atoms with E-state index in [1.54, 1.807) is 13.8 Å². The number of aryl methyl sites for hydroxylation is 2. The topological polar surface area (TPSA) is 71.2 Å². The molecule has 2 N–H and O–H groups in total. The first-order chi connectivity index (χ1) is 11.4. The number of ether oxygens (including phenoxy) is 1. The Morgan fingerprint density at radius 1 is 1.29 bits per heavy atom. The second-order valence-electron chi connectivity index (χ2n) is 5.90. The number of carbonyl (C=O) groups is 2. The number of hydrogen-bond acceptors (Lipinski definition) is 4. The van der Waals surface area contributed by atoms with Gasteiger partial charge in [0.2, 0.25) is 5.78 Å². The van der Waals surface area contributed by atoms with Gasteiger partial charge in [-0.1, -0.05) is 19.1 Å². The van der Waals surface area contributed by atoms with Crippen molar-refractivity contribution in [3.63, 3.8) is 0 Å². The summed E-state index contributed by atoms with van der Waals surface area (Å²) in [7, 11) is 1.33. The third-order valence-corrected chi connectivity index (χ3v) is 4.19. The molecule has 0 aliphatic carbocycles. The molecule has 2 aromatic rings. The summed E-state index contributed by atoms with van der Waals surface area (Å²) < 4.78 is 4.79. The zero-order valence-corrected chi connectivity index (χ0v) is 14.8. The van der Waals surface area contributed by atoms with Crippen molar-refractivity contribution in [1.29, 1.82) is 0 Å². The van der Waals surface area contributed by atoms with Gasteiger partial charge in [-0.25, -0.2) is 4.79 Å². The van der Waals surface area contributed by atoms with E-state index in [0.29, 0.717) is 22.5 Å². The smallest absolute Gasteiger partial charge is 0.339 e. The van der Waals surface area contributed by atoms with Crippen molar-refractivity contribution in [3.05, 3.63) is 52.3 Å². The van der Waals surface area contributed by atoms with Gasteiger partial charge < -0.3 is 15.0 Å². The van der Waals surface area contributed by atoms with E-state index in [2.05, 4.69) is 23.3 Å². The van der Waals surface area contributed by atoms with Gasteiger partial charge in [0.15, 0.2) is 0 Å². The molecule has 0 unspecified atom stereocenters. The summed E-state index contributed by atoms with van der Waals surface area (Å²) in [6, 6.07) is 7.59. The Labute approximate surface area is 142 Å². The highest BCUT2D eigenvalue weighted by molar-refractivity contribution is 6.04. The number of benzene rings is 1. The van der Waals surface area contributed by atoms with Crippen LogP contribution in [0.25, 0.3) is 0 Å². The third kappa shape index (κ3) is 3.50. The molecule has 0 saturated heterocycles. The minimum atomic E-state index is -0.434. The molecule has 5 nitrogen and oxygen atoms in total. The van der Waals surface area contributed by atoms with Crippen LogP contribution in [0.3, 0.4) is 0 Å². The third-order valence-electron chi connectivity index (χ3n) is 4.19. The van der Waals surface area contributed by atoms with E-state index in [1.807, 2.05) is 25.1 Å². The predicted octanol–water partition coefficient (Wildman–Crippen LogP) is 3.66. The number of aromatic nitrogens is 1. The quantitative estimate of drug-likeness (QED) is 0.627. The zero-order chi connectivity index (χ0) is 17.9. The van der Waals surface area contributed by atoms with Crippen LogP contribution in [0.2, 0.25) is 0 Å². The lowest BCUT2D eigenvalue weighted by molar-refractivity contribution is 0.0599. The van der Waals surface area contributed by atoms with E-state index in [0.717, 1.165) is 12.1 Å². The summed E-state index contributed by atoms with van der Waals surface area (Å²) in [4.78, 5) is 27.6. The van der Waals surface area contributed by atoms with Crippen LogP contribution >= 0.6 is 0 Å². The average molecular weight is 328 g/mol. The van der Waals surface area contributed by atoms with Gasteiger partial charge in [0.25, 0.3) is 0 Å². The first-order valence-electron chi connectivity index (χ1n) is 8.06. The van der Waals surface area contributed by atoms with Crippen LogP contribution < -0.4 is 5.32 Å². The summed E-state index contributed by atoms with van der Waals surface area (Å²) in [5.41, 5.74) is 4.26. The number of anilines is 1. The lowest BCUT2D eigenvalue weighted by atomic mass is 10.0. The molecule has 1 atom stereocenters. The Kier molecular flexibility index (Phi) is 5.44. The van der Waals surface area contributed by atoms with Crippen LogP contribution in [0.5, 0.6) is 0 Å². The number of H-pyrrole nitrogens is 1. The van der Waals surface area contributed by atoms with Gasteiger partial charge in [-0.2, -0.15) is 0 Å². The molecule has 0 radical (unpaired) electrons. The minimum absolute atomic E-state index is 0.0901. The minimum Gasteiger partial charge on any atom is -0.465 e. The highest BCUT2D eigenvalue weighted by atomic mass is 16.5. The molecule has 0 aliphatic rings. The van der Waals surface area contributed by atoms with Gasteiger partial charge in [-0.15, -0.1) is 0 Å². The standard InChI is InChI=1S/C19H24N2O3/c1-6-14-8-7-9-15(10-14)20-13(4)18(22)17-11(2)16(12(3)21-17)19(23)24-5/h7-10,13,20-21H,6H2,1-5H3/t13-/m0/s1. The molecular formula is C19H24N2O3. The maximum absolute atomic E-state index is 12.8. The summed E-state index contributed by atoms with van der Waals surface area (Å²) in [5, 5.41) is 3.23. The maximum Gasteiger partial charge on any atom is 0.339 e. The van der Waals surface area contributed by atoms with Crippen LogP contribution in [0, 0.1) is 13.8 Å². The monoisotopic (exact) mass is 328 g/mol. The molecule has 2 rings (SSSR count). The number of hydrogen-bond donors (Lipinski definition) is 2. The second-order valence-corrected chi connectivity index (χ2v) is 5.90. The van der Waals surface area contributed by atoms with Crippen molar-refractivity contribution in [2.75, 3.05) is 12.4 Å². The fourth-order valence-electron chi connectivity index (χ4n) is 2.82. The molecule has 24 heavy (non-hydrogen) atoms. The molecule has 128 valence electrons. The van der Waals surface area contributed by atoms with Gasteiger partial charge in [0, 0.05) is 11.4 Å². The first-order valence-corrected chi connectivity index (χ1v) is 8.06. The van der Waals surface area contributed by atoms with E-state index in [9.17, 15) is 9.59 Å². The van der Waals surface area contributed by atoms with Crippen molar-refractivity contribution >= 4 is 17.4 Å². The lowest BCUT2D eigenvalue weighted by Gasteiger charge is -2.15. The number of methoxy groups -OCH3 is 1. The fraction of sp³-hybridized carbons (Fsp3) is 0.368. The summed E-state index contributed by atoms with van der Waals surface area (Å²) >= 11 is 0. The Morgan fingerprint density at radius 2 is 2.00 bits per heavy atom. The van der Waals surface area contributed by atoms with Crippen LogP contribution in [-0.2, 0) is 11.2 Å². The molecular weight excluding hydrogens is 304 g/mol. The highest BCUT2D eigenvalue weighted by Crippen LogP contribution is 2.21. The lowest BCUT2D eigenvalue weighted by Crippen LogP contribution is -2.27. The number of rotatable bonds is 6. The molecule has 0 bridgehead atoms. The molecule has 5 heteroatoms. The Bertz CT molecular complexity index is 762. The van der Waals surface area contributed by atoms with E-state index in [1.165, 1.54) is 12.7 Å². The molecule has 0 spiro atoms. The number of esters is 1. The Hall–Kier alpha value is -2.56. The maximum atomic E-state index is 12.8. The number of Topliss-reactive ketones (excluding diaryl/α,β-unsaturated/α-hetero) is 1. The molecule has 1 aromatic heterocycles.